The molecule has 0 unspecified atom stereocenters. The van der Waals surface area contributed by atoms with Gasteiger partial charge in [-0.1, -0.05) is 30.3 Å². The topological polar surface area (TPSA) is 72.2 Å². The Morgan fingerprint density at radius 3 is 2.67 bits per heavy atom. The second kappa shape index (κ2) is 6.99. The average Bonchev–Trinajstić information content (AvgIpc) is 2.70. The fourth-order valence-corrected chi connectivity index (χ4v) is 3.05. The van der Waals surface area contributed by atoms with Gasteiger partial charge in [-0.15, -0.1) is 0 Å². The van der Waals surface area contributed by atoms with E-state index in [2.05, 4.69) is 20.3 Å². The van der Waals surface area contributed by atoms with Crippen molar-refractivity contribution in [1.82, 2.24) is 14.5 Å². The molecule has 27 heavy (non-hydrogen) atoms. The lowest BCUT2D eigenvalue weighted by Crippen LogP contribution is -2.26. The second-order valence-electron chi connectivity index (χ2n) is 6.18. The number of hydrogen-bond donors (Lipinski definition) is 1. The number of para-hydroxylation sites is 2. The SMILES string of the molecule is CCN=c1c2ccccc2nc(NC(=O)c2cnc3ccccc3c2)n1C. The van der Waals surface area contributed by atoms with E-state index in [1.54, 1.807) is 10.8 Å². The maximum Gasteiger partial charge on any atom is 0.259 e. The first kappa shape index (κ1) is 16.9. The summed E-state index contributed by atoms with van der Waals surface area (Å²) in [4.78, 5) is 26.3. The number of nitrogens with one attached hydrogen (secondary N) is 1. The van der Waals surface area contributed by atoms with Crippen LogP contribution in [0.15, 0.2) is 65.8 Å². The first-order chi connectivity index (χ1) is 13.2. The number of carbonyl (C=O) groups is 1. The van der Waals surface area contributed by atoms with Crippen LogP contribution >= 0.6 is 0 Å². The molecule has 2 aromatic carbocycles. The summed E-state index contributed by atoms with van der Waals surface area (Å²) in [6.07, 6.45) is 1.58. The zero-order valence-electron chi connectivity index (χ0n) is 15.2. The minimum Gasteiger partial charge on any atom is -0.299 e. The zero-order valence-corrected chi connectivity index (χ0v) is 15.2. The quantitative estimate of drug-likeness (QED) is 0.611. The Hall–Kier alpha value is -3.54. The van der Waals surface area contributed by atoms with Crippen LogP contribution in [-0.2, 0) is 7.05 Å². The molecule has 134 valence electrons. The maximum atomic E-state index is 12.8. The van der Waals surface area contributed by atoms with Gasteiger partial charge in [0.05, 0.1) is 16.6 Å². The molecule has 0 spiro atoms. The molecule has 0 radical (unpaired) electrons. The lowest BCUT2D eigenvalue weighted by Gasteiger charge is -2.12. The van der Waals surface area contributed by atoms with Gasteiger partial charge in [0, 0.05) is 30.6 Å². The van der Waals surface area contributed by atoms with E-state index in [1.165, 1.54) is 0 Å². The van der Waals surface area contributed by atoms with E-state index >= 15 is 0 Å². The number of carbonyl (C=O) groups excluding carboxylic acids is 1. The van der Waals surface area contributed by atoms with Gasteiger partial charge < -0.3 is 0 Å². The Bertz CT molecular complexity index is 1230. The van der Waals surface area contributed by atoms with E-state index in [4.69, 9.17) is 0 Å². The van der Waals surface area contributed by atoms with Crippen LogP contribution < -0.4 is 10.8 Å². The highest BCUT2D eigenvalue weighted by molar-refractivity contribution is 6.05. The summed E-state index contributed by atoms with van der Waals surface area (Å²) in [6, 6.07) is 17.3. The Balaban J connectivity index is 1.77. The summed E-state index contributed by atoms with van der Waals surface area (Å²) >= 11 is 0. The van der Waals surface area contributed by atoms with E-state index < -0.39 is 0 Å². The predicted octanol–water partition coefficient (Wildman–Crippen LogP) is 3.29. The molecule has 0 saturated heterocycles. The molecule has 0 aliphatic carbocycles. The number of pyridine rings is 1. The molecule has 6 heteroatoms. The standard InChI is InChI=1S/C21H19N5O/c1-3-22-19-16-9-5-7-11-18(16)24-21(26(19)2)25-20(27)15-12-14-8-4-6-10-17(14)23-13-15/h4-13H,3H2,1-2H3,(H,24,25,27). The van der Waals surface area contributed by atoms with Crippen molar-refractivity contribution < 1.29 is 4.79 Å². The second-order valence-corrected chi connectivity index (χ2v) is 6.18. The number of aromatic nitrogens is 3. The first-order valence-electron chi connectivity index (χ1n) is 8.80. The van der Waals surface area contributed by atoms with E-state index in [1.807, 2.05) is 68.6 Å². The van der Waals surface area contributed by atoms with Crippen LogP contribution in [0.2, 0.25) is 0 Å². The van der Waals surface area contributed by atoms with Crippen LogP contribution in [0.25, 0.3) is 21.8 Å². The fraction of sp³-hybridized carbons (Fsp3) is 0.143. The predicted molar refractivity (Wildman–Crippen MR) is 107 cm³/mol. The summed E-state index contributed by atoms with van der Waals surface area (Å²) in [7, 11) is 1.85. The normalized spacial score (nSPS) is 11.9. The van der Waals surface area contributed by atoms with Gasteiger partial charge in [-0.05, 0) is 31.2 Å². The van der Waals surface area contributed by atoms with Crippen LogP contribution in [0.1, 0.15) is 17.3 Å². The average molecular weight is 357 g/mol. The molecule has 0 aliphatic heterocycles. The summed E-state index contributed by atoms with van der Waals surface area (Å²) < 4.78 is 1.80. The number of benzene rings is 2. The van der Waals surface area contributed by atoms with E-state index in [9.17, 15) is 4.79 Å². The molecule has 0 aliphatic rings. The number of hydrogen-bond acceptors (Lipinski definition) is 4. The first-order valence-corrected chi connectivity index (χ1v) is 8.80. The van der Waals surface area contributed by atoms with Gasteiger partial charge in [-0.2, -0.15) is 0 Å². The highest BCUT2D eigenvalue weighted by atomic mass is 16.1. The Morgan fingerprint density at radius 1 is 1.11 bits per heavy atom. The minimum absolute atomic E-state index is 0.255. The number of amides is 1. The van der Waals surface area contributed by atoms with E-state index in [-0.39, 0.29) is 5.91 Å². The lowest BCUT2D eigenvalue weighted by atomic mass is 10.1. The molecule has 1 N–H and O–H groups in total. The molecule has 2 heterocycles. The summed E-state index contributed by atoms with van der Waals surface area (Å²) in [5.74, 6) is 0.188. The number of nitrogens with zero attached hydrogens (tertiary/aromatic N) is 4. The summed E-state index contributed by atoms with van der Waals surface area (Å²) in [6.45, 7) is 2.62. The zero-order chi connectivity index (χ0) is 18.8. The molecule has 6 nitrogen and oxygen atoms in total. The Kier molecular flexibility index (Phi) is 4.38. The molecule has 0 saturated carbocycles. The van der Waals surface area contributed by atoms with Crippen molar-refractivity contribution >= 4 is 33.7 Å². The Morgan fingerprint density at radius 2 is 1.85 bits per heavy atom. The Labute approximate surface area is 156 Å². The van der Waals surface area contributed by atoms with Crippen molar-refractivity contribution in [2.24, 2.45) is 12.0 Å². The molecule has 0 atom stereocenters. The smallest absolute Gasteiger partial charge is 0.259 e. The highest BCUT2D eigenvalue weighted by Crippen LogP contribution is 2.15. The number of fused-ring (bicyclic) bond motifs is 2. The molecule has 0 fully saturated rings. The third-order valence-electron chi connectivity index (χ3n) is 4.39. The van der Waals surface area contributed by atoms with Gasteiger partial charge >= 0.3 is 0 Å². The van der Waals surface area contributed by atoms with E-state index in [0.29, 0.717) is 18.1 Å². The van der Waals surface area contributed by atoms with Crippen LogP contribution in [0.3, 0.4) is 0 Å². The van der Waals surface area contributed by atoms with Crippen LogP contribution in [0, 0.1) is 0 Å². The largest absolute Gasteiger partial charge is 0.299 e. The number of anilines is 1. The molecule has 4 rings (SSSR count). The monoisotopic (exact) mass is 357 g/mol. The van der Waals surface area contributed by atoms with Crippen molar-refractivity contribution in [1.29, 1.82) is 0 Å². The number of rotatable bonds is 3. The highest BCUT2D eigenvalue weighted by Gasteiger charge is 2.12. The lowest BCUT2D eigenvalue weighted by molar-refractivity contribution is 0.102. The van der Waals surface area contributed by atoms with Crippen LogP contribution in [0.4, 0.5) is 5.95 Å². The van der Waals surface area contributed by atoms with Crippen molar-refractivity contribution in [3.05, 3.63) is 71.8 Å². The molecule has 0 bridgehead atoms. The minimum atomic E-state index is -0.255. The molecule has 1 amide bonds. The third kappa shape index (κ3) is 3.17. The van der Waals surface area contributed by atoms with Crippen molar-refractivity contribution in [2.45, 2.75) is 6.92 Å². The summed E-state index contributed by atoms with van der Waals surface area (Å²) in [5, 5.41) is 4.77. The van der Waals surface area contributed by atoms with Gasteiger partial charge in [0.2, 0.25) is 5.95 Å². The van der Waals surface area contributed by atoms with Crippen LogP contribution in [-0.4, -0.2) is 27.0 Å². The van der Waals surface area contributed by atoms with Crippen LogP contribution in [0.5, 0.6) is 0 Å². The molecule has 4 aromatic rings. The fourth-order valence-electron chi connectivity index (χ4n) is 3.05. The van der Waals surface area contributed by atoms with E-state index in [0.717, 1.165) is 27.3 Å². The van der Waals surface area contributed by atoms with Crippen molar-refractivity contribution in [2.75, 3.05) is 11.9 Å². The molecular weight excluding hydrogens is 338 g/mol. The van der Waals surface area contributed by atoms with Gasteiger partial charge in [0.1, 0.15) is 5.49 Å². The maximum absolute atomic E-state index is 12.8. The van der Waals surface area contributed by atoms with Gasteiger partial charge in [0.25, 0.3) is 5.91 Å². The van der Waals surface area contributed by atoms with Gasteiger partial charge in [-0.25, -0.2) is 4.98 Å². The van der Waals surface area contributed by atoms with Crippen molar-refractivity contribution in [3.8, 4) is 0 Å². The van der Waals surface area contributed by atoms with Crippen molar-refractivity contribution in [3.63, 3.8) is 0 Å². The summed E-state index contributed by atoms with van der Waals surface area (Å²) in [5.41, 5.74) is 2.91. The van der Waals surface area contributed by atoms with Gasteiger partial charge in [-0.3, -0.25) is 24.7 Å². The molecule has 2 aromatic heterocycles. The molecular formula is C21H19N5O. The third-order valence-corrected chi connectivity index (χ3v) is 4.39. The van der Waals surface area contributed by atoms with Gasteiger partial charge in [0.15, 0.2) is 0 Å².